The van der Waals surface area contributed by atoms with Gasteiger partial charge >= 0.3 is 6.09 Å². The molecule has 0 fully saturated rings. The van der Waals surface area contributed by atoms with Crippen molar-refractivity contribution in [3.05, 3.63) is 53.1 Å². The van der Waals surface area contributed by atoms with E-state index in [1.54, 1.807) is 18.2 Å². The first-order valence-electron chi connectivity index (χ1n) is 8.53. The Labute approximate surface area is 153 Å². The van der Waals surface area contributed by atoms with Crippen molar-refractivity contribution in [3.63, 3.8) is 0 Å². The van der Waals surface area contributed by atoms with E-state index >= 15 is 0 Å². The first-order valence-corrected chi connectivity index (χ1v) is 8.53. The van der Waals surface area contributed by atoms with Crippen LogP contribution in [0.5, 0.6) is 11.5 Å². The SMILES string of the molecule is CCc1ccc(OCc2c(OC)cccc2N(O)C(=O)OC)c(CC)c1. The topological polar surface area (TPSA) is 68.2 Å². The molecule has 0 saturated carbocycles. The van der Waals surface area contributed by atoms with Gasteiger partial charge in [0, 0.05) is 0 Å². The molecule has 0 bridgehead atoms. The average molecular weight is 359 g/mol. The minimum atomic E-state index is -0.888. The number of nitrogens with zero attached hydrogens (tertiary/aromatic N) is 1. The van der Waals surface area contributed by atoms with E-state index in [1.807, 2.05) is 12.1 Å². The van der Waals surface area contributed by atoms with Crippen LogP contribution in [0.3, 0.4) is 0 Å². The van der Waals surface area contributed by atoms with Crippen molar-refractivity contribution in [1.82, 2.24) is 0 Å². The van der Waals surface area contributed by atoms with Gasteiger partial charge in [0.05, 0.1) is 25.5 Å². The molecule has 2 aromatic rings. The third kappa shape index (κ3) is 4.26. The summed E-state index contributed by atoms with van der Waals surface area (Å²) >= 11 is 0. The quantitative estimate of drug-likeness (QED) is 0.587. The van der Waals surface area contributed by atoms with Crippen LogP contribution >= 0.6 is 0 Å². The lowest BCUT2D eigenvalue weighted by Crippen LogP contribution is -2.28. The second-order valence-electron chi connectivity index (χ2n) is 5.68. The van der Waals surface area contributed by atoms with Crippen LogP contribution in [0.2, 0.25) is 0 Å². The molecule has 26 heavy (non-hydrogen) atoms. The van der Waals surface area contributed by atoms with E-state index in [0.29, 0.717) is 16.4 Å². The number of benzene rings is 2. The van der Waals surface area contributed by atoms with Crippen molar-refractivity contribution in [2.24, 2.45) is 0 Å². The maximum atomic E-state index is 11.7. The molecule has 0 unspecified atom stereocenters. The van der Waals surface area contributed by atoms with Gasteiger partial charge in [0.25, 0.3) is 0 Å². The molecule has 0 saturated heterocycles. The Kier molecular flexibility index (Phi) is 6.86. The largest absolute Gasteiger partial charge is 0.496 e. The van der Waals surface area contributed by atoms with Crippen LogP contribution in [0.15, 0.2) is 36.4 Å². The predicted molar refractivity (Wildman–Crippen MR) is 99.2 cm³/mol. The zero-order valence-corrected chi connectivity index (χ0v) is 15.6. The summed E-state index contributed by atoms with van der Waals surface area (Å²) in [7, 11) is 2.72. The van der Waals surface area contributed by atoms with Crippen molar-refractivity contribution < 1.29 is 24.2 Å². The first kappa shape index (κ1) is 19.6. The lowest BCUT2D eigenvalue weighted by Gasteiger charge is -2.20. The molecular weight excluding hydrogens is 334 g/mol. The summed E-state index contributed by atoms with van der Waals surface area (Å²) in [5.74, 6) is 1.28. The summed E-state index contributed by atoms with van der Waals surface area (Å²) in [4.78, 5) is 11.7. The number of carbonyl (C=O) groups excluding carboxylic acids is 1. The molecule has 0 spiro atoms. The fourth-order valence-corrected chi connectivity index (χ4v) is 2.69. The number of methoxy groups -OCH3 is 2. The third-order valence-corrected chi connectivity index (χ3v) is 4.19. The van der Waals surface area contributed by atoms with Gasteiger partial charge in [-0.2, -0.15) is 5.06 Å². The number of hydrogen-bond acceptors (Lipinski definition) is 5. The highest BCUT2D eigenvalue weighted by molar-refractivity contribution is 5.86. The number of anilines is 1. The minimum Gasteiger partial charge on any atom is -0.496 e. The van der Waals surface area contributed by atoms with E-state index in [4.69, 9.17) is 9.47 Å². The zero-order valence-electron chi connectivity index (χ0n) is 15.6. The number of rotatable bonds is 7. The molecule has 140 valence electrons. The van der Waals surface area contributed by atoms with Gasteiger partial charge in [-0.1, -0.05) is 32.0 Å². The predicted octanol–water partition coefficient (Wildman–Crippen LogP) is 4.36. The maximum Gasteiger partial charge on any atom is 0.438 e. The van der Waals surface area contributed by atoms with Gasteiger partial charge in [0.15, 0.2) is 0 Å². The molecule has 0 heterocycles. The summed E-state index contributed by atoms with van der Waals surface area (Å²) in [6.45, 7) is 4.31. The summed E-state index contributed by atoms with van der Waals surface area (Å²) in [6, 6.07) is 11.1. The summed E-state index contributed by atoms with van der Waals surface area (Å²) < 4.78 is 15.9. The molecule has 6 heteroatoms. The Bertz CT molecular complexity index is 760. The normalized spacial score (nSPS) is 10.3. The lowest BCUT2D eigenvalue weighted by molar-refractivity contribution is 0.140. The highest BCUT2D eigenvalue weighted by Crippen LogP contribution is 2.31. The number of hydrogen-bond donors (Lipinski definition) is 1. The fraction of sp³-hybridized carbons (Fsp3) is 0.350. The smallest absolute Gasteiger partial charge is 0.438 e. The molecule has 0 radical (unpaired) electrons. The van der Waals surface area contributed by atoms with E-state index in [-0.39, 0.29) is 12.3 Å². The number of amides is 1. The van der Waals surface area contributed by atoms with Gasteiger partial charge in [0.1, 0.15) is 18.1 Å². The van der Waals surface area contributed by atoms with Gasteiger partial charge in [-0.15, -0.1) is 0 Å². The summed E-state index contributed by atoms with van der Waals surface area (Å²) in [6.07, 6.45) is 0.916. The van der Waals surface area contributed by atoms with Gasteiger partial charge < -0.3 is 14.2 Å². The maximum absolute atomic E-state index is 11.7. The van der Waals surface area contributed by atoms with Crippen LogP contribution in [0.4, 0.5) is 10.5 Å². The number of carbonyl (C=O) groups is 1. The van der Waals surface area contributed by atoms with Crippen LogP contribution in [0.1, 0.15) is 30.5 Å². The molecule has 0 aliphatic heterocycles. The van der Waals surface area contributed by atoms with E-state index in [0.717, 1.165) is 24.2 Å². The Hall–Kier alpha value is -2.73. The van der Waals surface area contributed by atoms with Crippen LogP contribution in [0.25, 0.3) is 0 Å². The van der Waals surface area contributed by atoms with E-state index in [1.165, 1.54) is 19.8 Å². The van der Waals surface area contributed by atoms with Crippen molar-refractivity contribution in [2.75, 3.05) is 19.3 Å². The van der Waals surface area contributed by atoms with Gasteiger partial charge in [0.2, 0.25) is 0 Å². The molecule has 2 rings (SSSR count). The number of ether oxygens (including phenoxy) is 3. The molecule has 1 amide bonds. The Morgan fingerprint density at radius 3 is 2.46 bits per heavy atom. The first-order chi connectivity index (χ1) is 12.5. The van der Waals surface area contributed by atoms with Crippen molar-refractivity contribution >= 4 is 11.8 Å². The average Bonchev–Trinajstić information content (AvgIpc) is 2.70. The molecule has 0 atom stereocenters. The second kappa shape index (κ2) is 9.10. The standard InChI is InChI=1S/C20H25NO5/c1-5-14-10-11-18(15(6-2)12-14)26-13-16-17(21(23)20(22)25-4)8-7-9-19(16)24-3/h7-12,23H,5-6,13H2,1-4H3. The zero-order chi connectivity index (χ0) is 19.1. The van der Waals surface area contributed by atoms with Crippen LogP contribution < -0.4 is 14.5 Å². The van der Waals surface area contributed by atoms with Crippen LogP contribution in [-0.2, 0) is 24.2 Å². The highest BCUT2D eigenvalue weighted by Gasteiger charge is 2.20. The molecule has 0 aliphatic rings. The molecular formula is C20H25NO5. The Balaban J connectivity index is 2.33. The van der Waals surface area contributed by atoms with Gasteiger partial charge in [-0.3, -0.25) is 5.21 Å². The molecule has 6 nitrogen and oxygen atoms in total. The van der Waals surface area contributed by atoms with Gasteiger partial charge in [-0.25, -0.2) is 4.79 Å². The second-order valence-corrected chi connectivity index (χ2v) is 5.68. The van der Waals surface area contributed by atoms with Crippen molar-refractivity contribution in [2.45, 2.75) is 33.3 Å². The molecule has 2 aromatic carbocycles. The Morgan fingerprint density at radius 2 is 1.85 bits per heavy atom. The van der Waals surface area contributed by atoms with Crippen molar-refractivity contribution in [1.29, 1.82) is 0 Å². The number of aryl methyl sites for hydroxylation is 2. The third-order valence-electron chi connectivity index (χ3n) is 4.19. The molecule has 0 aromatic heterocycles. The van der Waals surface area contributed by atoms with E-state index in [9.17, 15) is 10.0 Å². The monoisotopic (exact) mass is 359 g/mol. The molecule has 0 aliphatic carbocycles. The Morgan fingerprint density at radius 1 is 1.08 bits per heavy atom. The lowest BCUT2D eigenvalue weighted by atomic mass is 10.1. The summed E-state index contributed by atoms with van der Waals surface area (Å²) in [5.41, 5.74) is 3.15. The highest BCUT2D eigenvalue weighted by atomic mass is 16.6. The van der Waals surface area contributed by atoms with E-state index in [2.05, 4.69) is 24.7 Å². The number of hydroxylamine groups is 1. The summed E-state index contributed by atoms with van der Waals surface area (Å²) in [5, 5.41) is 10.6. The molecule has 1 N–H and O–H groups in total. The van der Waals surface area contributed by atoms with Crippen LogP contribution in [-0.4, -0.2) is 25.5 Å². The van der Waals surface area contributed by atoms with Gasteiger partial charge in [-0.05, 0) is 42.2 Å². The minimum absolute atomic E-state index is 0.131. The van der Waals surface area contributed by atoms with Crippen molar-refractivity contribution in [3.8, 4) is 11.5 Å². The fourth-order valence-electron chi connectivity index (χ4n) is 2.69. The van der Waals surface area contributed by atoms with Crippen LogP contribution in [0, 0.1) is 0 Å². The van der Waals surface area contributed by atoms with E-state index < -0.39 is 6.09 Å².